The number of hydrogen-bond acceptors (Lipinski definition) is 3. The summed E-state index contributed by atoms with van der Waals surface area (Å²) in [6.07, 6.45) is 1.68. The average Bonchev–Trinajstić information content (AvgIpc) is 2.28. The third-order valence-electron chi connectivity index (χ3n) is 2.98. The largest absolute Gasteiger partial charge is 0.338 e. The molecular weight excluding hydrogens is 184 g/mol. The molecule has 0 saturated carbocycles. The van der Waals surface area contributed by atoms with Gasteiger partial charge in [0.25, 0.3) is 0 Å². The van der Waals surface area contributed by atoms with Crippen molar-refractivity contribution >= 4 is 18.5 Å². The Morgan fingerprint density at radius 3 is 3.00 bits per heavy atom. The Morgan fingerprint density at radius 2 is 2.31 bits per heavy atom. The molecule has 0 spiro atoms. The van der Waals surface area contributed by atoms with Gasteiger partial charge in [-0.15, -0.1) is 0 Å². The second-order valence-electron chi connectivity index (χ2n) is 4.51. The SMILES string of the molecule is CC1(C)NC(=O)CC2CC(S)CN21. The van der Waals surface area contributed by atoms with Crippen LogP contribution in [0.5, 0.6) is 0 Å². The zero-order chi connectivity index (χ0) is 9.64. The van der Waals surface area contributed by atoms with Gasteiger partial charge in [0, 0.05) is 24.3 Å². The van der Waals surface area contributed by atoms with Gasteiger partial charge in [0.15, 0.2) is 0 Å². The molecule has 0 bridgehead atoms. The second kappa shape index (κ2) is 2.89. The van der Waals surface area contributed by atoms with Gasteiger partial charge in [-0.3, -0.25) is 9.69 Å². The Bertz CT molecular complexity index is 242. The molecule has 2 aliphatic rings. The number of rotatable bonds is 0. The van der Waals surface area contributed by atoms with Crippen molar-refractivity contribution < 1.29 is 4.79 Å². The maximum atomic E-state index is 11.4. The van der Waals surface area contributed by atoms with E-state index < -0.39 is 0 Å². The molecule has 4 heteroatoms. The Balaban J connectivity index is 2.20. The number of thiol groups is 1. The molecule has 2 atom stereocenters. The van der Waals surface area contributed by atoms with Gasteiger partial charge in [-0.1, -0.05) is 0 Å². The Labute approximate surface area is 84.3 Å². The third kappa shape index (κ3) is 1.57. The lowest BCUT2D eigenvalue weighted by molar-refractivity contribution is -0.131. The van der Waals surface area contributed by atoms with Gasteiger partial charge >= 0.3 is 0 Å². The molecule has 2 heterocycles. The van der Waals surface area contributed by atoms with Gasteiger partial charge in [0.2, 0.25) is 5.91 Å². The first-order chi connectivity index (χ1) is 5.99. The minimum Gasteiger partial charge on any atom is -0.338 e. The summed E-state index contributed by atoms with van der Waals surface area (Å²) < 4.78 is 0. The molecule has 2 fully saturated rings. The maximum Gasteiger partial charge on any atom is 0.222 e. The summed E-state index contributed by atoms with van der Waals surface area (Å²) >= 11 is 4.47. The number of nitrogens with zero attached hydrogens (tertiary/aromatic N) is 1. The highest BCUT2D eigenvalue weighted by atomic mass is 32.1. The quantitative estimate of drug-likeness (QED) is 0.562. The van der Waals surface area contributed by atoms with E-state index in [0.717, 1.165) is 13.0 Å². The number of nitrogens with one attached hydrogen (secondary N) is 1. The number of fused-ring (bicyclic) bond motifs is 1. The lowest BCUT2D eigenvalue weighted by Crippen LogP contribution is -2.63. The zero-order valence-corrected chi connectivity index (χ0v) is 8.97. The maximum absolute atomic E-state index is 11.4. The summed E-state index contributed by atoms with van der Waals surface area (Å²) in [4.78, 5) is 13.7. The first-order valence-corrected chi connectivity index (χ1v) is 5.26. The van der Waals surface area contributed by atoms with Crippen LogP contribution in [-0.2, 0) is 4.79 Å². The highest BCUT2D eigenvalue weighted by molar-refractivity contribution is 7.81. The van der Waals surface area contributed by atoms with Gasteiger partial charge in [-0.25, -0.2) is 0 Å². The Kier molecular flexibility index (Phi) is 2.07. The molecule has 2 unspecified atom stereocenters. The minimum atomic E-state index is -0.183. The minimum absolute atomic E-state index is 0.175. The van der Waals surface area contributed by atoms with E-state index >= 15 is 0 Å². The highest BCUT2D eigenvalue weighted by Gasteiger charge is 2.44. The summed E-state index contributed by atoms with van der Waals surface area (Å²) in [6.45, 7) is 5.10. The van der Waals surface area contributed by atoms with Crippen molar-refractivity contribution in [2.75, 3.05) is 6.54 Å². The number of carbonyl (C=O) groups is 1. The summed E-state index contributed by atoms with van der Waals surface area (Å²) in [6, 6.07) is 0.409. The Morgan fingerprint density at radius 1 is 1.62 bits per heavy atom. The molecule has 0 aromatic rings. The number of amides is 1. The fraction of sp³-hybridized carbons (Fsp3) is 0.889. The van der Waals surface area contributed by atoms with Gasteiger partial charge < -0.3 is 5.32 Å². The van der Waals surface area contributed by atoms with Crippen LogP contribution in [0.1, 0.15) is 26.7 Å². The van der Waals surface area contributed by atoms with Crippen molar-refractivity contribution in [1.29, 1.82) is 0 Å². The molecule has 2 aliphatic heterocycles. The Hall–Kier alpha value is -0.220. The summed E-state index contributed by atoms with van der Waals surface area (Å²) in [5.74, 6) is 0.175. The molecule has 0 aromatic heterocycles. The highest BCUT2D eigenvalue weighted by Crippen LogP contribution is 2.32. The number of carbonyl (C=O) groups excluding carboxylic acids is 1. The van der Waals surface area contributed by atoms with Crippen LogP contribution in [0, 0.1) is 0 Å². The number of hydrogen-bond donors (Lipinski definition) is 2. The van der Waals surface area contributed by atoms with E-state index in [0.29, 0.717) is 17.7 Å². The lowest BCUT2D eigenvalue weighted by Gasteiger charge is -2.44. The van der Waals surface area contributed by atoms with Crippen LogP contribution < -0.4 is 5.32 Å². The van der Waals surface area contributed by atoms with Crippen LogP contribution >= 0.6 is 12.6 Å². The van der Waals surface area contributed by atoms with Crippen molar-refractivity contribution in [2.45, 2.75) is 43.6 Å². The smallest absolute Gasteiger partial charge is 0.222 e. The zero-order valence-electron chi connectivity index (χ0n) is 8.08. The molecule has 0 radical (unpaired) electrons. The van der Waals surface area contributed by atoms with Crippen LogP contribution in [-0.4, -0.2) is 34.3 Å². The van der Waals surface area contributed by atoms with E-state index in [-0.39, 0.29) is 11.6 Å². The first kappa shape index (κ1) is 9.34. The third-order valence-corrected chi connectivity index (χ3v) is 3.35. The summed E-state index contributed by atoms with van der Waals surface area (Å²) in [5, 5.41) is 3.43. The predicted octanol–water partition coefficient (Wildman–Crippen LogP) is 0.615. The normalized spacial score (nSPS) is 38.5. The standard InChI is InChI=1S/C9H16N2OS/c1-9(2)10-8(12)4-6-3-7(13)5-11(6)9/h6-7,13H,3-5H2,1-2H3,(H,10,12). The van der Waals surface area contributed by atoms with Crippen molar-refractivity contribution in [2.24, 2.45) is 0 Å². The van der Waals surface area contributed by atoms with Crippen molar-refractivity contribution in [3.8, 4) is 0 Å². The van der Waals surface area contributed by atoms with E-state index in [1.165, 1.54) is 0 Å². The van der Waals surface area contributed by atoms with Crippen LogP contribution in [0.2, 0.25) is 0 Å². The van der Waals surface area contributed by atoms with E-state index in [1.807, 2.05) is 0 Å². The van der Waals surface area contributed by atoms with E-state index in [9.17, 15) is 4.79 Å². The van der Waals surface area contributed by atoms with Gasteiger partial charge in [0.1, 0.15) is 0 Å². The van der Waals surface area contributed by atoms with E-state index in [2.05, 4.69) is 36.7 Å². The molecule has 2 saturated heterocycles. The van der Waals surface area contributed by atoms with E-state index in [1.54, 1.807) is 0 Å². The molecule has 13 heavy (non-hydrogen) atoms. The predicted molar refractivity (Wildman–Crippen MR) is 54.7 cm³/mol. The van der Waals surface area contributed by atoms with Crippen molar-refractivity contribution in [3.05, 3.63) is 0 Å². The van der Waals surface area contributed by atoms with Gasteiger partial charge in [-0.2, -0.15) is 12.6 Å². The van der Waals surface area contributed by atoms with Crippen molar-refractivity contribution in [1.82, 2.24) is 10.2 Å². The molecule has 0 aromatic carbocycles. The fourth-order valence-electron chi connectivity index (χ4n) is 2.45. The van der Waals surface area contributed by atoms with E-state index in [4.69, 9.17) is 0 Å². The van der Waals surface area contributed by atoms with Crippen molar-refractivity contribution in [3.63, 3.8) is 0 Å². The molecule has 3 nitrogen and oxygen atoms in total. The average molecular weight is 200 g/mol. The molecule has 0 aliphatic carbocycles. The molecule has 2 rings (SSSR count). The lowest BCUT2D eigenvalue weighted by atomic mass is 10.0. The molecule has 1 N–H and O–H groups in total. The monoisotopic (exact) mass is 200 g/mol. The van der Waals surface area contributed by atoms with Crippen LogP contribution in [0.4, 0.5) is 0 Å². The first-order valence-electron chi connectivity index (χ1n) is 4.75. The molecule has 1 amide bonds. The second-order valence-corrected chi connectivity index (χ2v) is 5.24. The van der Waals surface area contributed by atoms with Gasteiger partial charge in [0.05, 0.1) is 5.66 Å². The van der Waals surface area contributed by atoms with Crippen LogP contribution in [0.25, 0.3) is 0 Å². The topological polar surface area (TPSA) is 32.3 Å². The molecular formula is C9H16N2OS. The summed E-state index contributed by atoms with van der Waals surface area (Å²) in [5.41, 5.74) is -0.183. The van der Waals surface area contributed by atoms with Crippen LogP contribution in [0.15, 0.2) is 0 Å². The van der Waals surface area contributed by atoms with Gasteiger partial charge in [-0.05, 0) is 20.3 Å². The summed E-state index contributed by atoms with van der Waals surface area (Å²) in [7, 11) is 0. The van der Waals surface area contributed by atoms with Crippen LogP contribution in [0.3, 0.4) is 0 Å². The fourth-order valence-corrected chi connectivity index (χ4v) is 2.87. The molecule has 74 valence electrons.